The quantitative estimate of drug-likeness (QED) is 0.361. The van der Waals surface area contributed by atoms with E-state index in [-0.39, 0.29) is 23.1 Å². The standard InChI is InChI=1S/C17H15NO6/c1-11(2)23-16(19)12-6-8-15(9-7-12)24-17(20)13-4-3-5-14(10-13)18(21)22/h3-11H,1-2H3. The Morgan fingerprint density at radius 3 is 2.25 bits per heavy atom. The second-order valence-electron chi connectivity index (χ2n) is 5.18. The maximum atomic E-state index is 12.0. The van der Waals surface area contributed by atoms with Gasteiger partial charge in [0.05, 0.1) is 22.2 Å². The molecule has 0 heterocycles. The highest BCUT2D eigenvalue weighted by molar-refractivity contribution is 5.92. The minimum Gasteiger partial charge on any atom is -0.459 e. The van der Waals surface area contributed by atoms with Gasteiger partial charge in [0, 0.05) is 12.1 Å². The number of non-ortho nitro benzene ring substituents is 1. The third-order valence-corrected chi connectivity index (χ3v) is 2.94. The minimum absolute atomic E-state index is 0.0625. The molecule has 0 atom stereocenters. The molecule has 0 radical (unpaired) electrons. The first-order valence-electron chi connectivity index (χ1n) is 7.14. The molecule has 0 unspecified atom stereocenters. The number of rotatable bonds is 5. The van der Waals surface area contributed by atoms with Crippen molar-refractivity contribution >= 4 is 17.6 Å². The predicted molar refractivity (Wildman–Crippen MR) is 85.0 cm³/mol. The molecule has 0 N–H and O–H groups in total. The van der Waals surface area contributed by atoms with E-state index in [1.54, 1.807) is 13.8 Å². The molecule has 0 aliphatic rings. The molecule has 0 saturated heterocycles. The number of hydrogen-bond donors (Lipinski definition) is 0. The van der Waals surface area contributed by atoms with Crippen LogP contribution in [-0.2, 0) is 4.74 Å². The van der Waals surface area contributed by atoms with E-state index in [4.69, 9.17) is 9.47 Å². The predicted octanol–water partition coefficient (Wildman–Crippen LogP) is 3.38. The summed E-state index contributed by atoms with van der Waals surface area (Å²) in [6.45, 7) is 3.49. The van der Waals surface area contributed by atoms with Crippen molar-refractivity contribution in [3.8, 4) is 5.75 Å². The van der Waals surface area contributed by atoms with Crippen molar-refractivity contribution in [3.05, 3.63) is 69.8 Å². The molecule has 0 bridgehead atoms. The SMILES string of the molecule is CC(C)OC(=O)c1ccc(OC(=O)c2cccc([N+](=O)[O-])c2)cc1. The normalized spacial score (nSPS) is 10.3. The molecule has 0 saturated carbocycles. The van der Waals surface area contributed by atoms with Gasteiger partial charge < -0.3 is 9.47 Å². The number of ether oxygens (including phenoxy) is 2. The average Bonchev–Trinajstić information content (AvgIpc) is 2.55. The van der Waals surface area contributed by atoms with Gasteiger partial charge in [-0.05, 0) is 44.2 Å². The molecule has 2 aromatic rings. The summed E-state index contributed by atoms with van der Waals surface area (Å²) in [7, 11) is 0. The Morgan fingerprint density at radius 2 is 1.67 bits per heavy atom. The van der Waals surface area contributed by atoms with Crippen molar-refractivity contribution < 1.29 is 24.0 Å². The van der Waals surface area contributed by atoms with Crippen molar-refractivity contribution in [2.45, 2.75) is 20.0 Å². The molecule has 7 heteroatoms. The van der Waals surface area contributed by atoms with Crippen LogP contribution in [-0.4, -0.2) is 23.0 Å². The van der Waals surface area contributed by atoms with Crippen molar-refractivity contribution in [3.63, 3.8) is 0 Å². The summed E-state index contributed by atoms with van der Waals surface area (Å²) in [4.78, 5) is 33.9. The van der Waals surface area contributed by atoms with Crippen molar-refractivity contribution in [2.24, 2.45) is 0 Å². The van der Waals surface area contributed by atoms with Crippen LogP contribution in [0, 0.1) is 10.1 Å². The summed E-state index contributed by atoms with van der Waals surface area (Å²) in [5.41, 5.74) is 0.197. The zero-order chi connectivity index (χ0) is 17.7. The van der Waals surface area contributed by atoms with Gasteiger partial charge in [-0.25, -0.2) is 9.59 Å². The number of esters is 2. The van der Waals surface area contributed by atoms with Gasteiger partial charge in [0.1, 0.15) is 5.75 Å². The number of nitro groups is 1. The van der Waals surface area contributed by atoms with Gasteiger partial charge in [0.15, 0.2) is 0 Å². The molecule has 7 nitrogen and oxygen atoms in total. The second kappa shape index (κ2) is 7.36. The van der Waals surface area contributed by atoms with Crippen LogP contribution in [0.3, 0.4) is 0 Å². The Bertz CT molecular complexity index is 767. The lowest BCUT2D eigenvalue weighted by Crippen LogP contribution is -2.12. The van der Waals surface area contributed by atoms with Crippen LogP contribution in [0.15, 0.2) is 48.5 Å². The molecule has 0 aliphatic carbocycles. The lowest BCUT2D eigenvalue weighted by molar-refractivity contribution is -0.384. The zero-order valence-corrected chi connectivity index (χ0v) is 13.1. The van der Waals surface area contributed by atoms with Gasteiger partial charge in [-0.2, -0.15) is 0 Å². The molecular weight excluding hydrogens is 314 g/mol. The Hall–Kier alpha value is -3.22. The Kier molecular flexibility index (Phi) is 5.26. The number of carbonyl (C=O) groups is 2. The third kappa shape index (κ3) is 4.39. The molecule has 0 aromatic heterocycles. The number of benzene rings is 2. The van der Waals surface area contributed by atoms with Crippen LogP contribution in [0.25, 0.3) is 0 Å². The van der Waals surface area contributed by atoms with Gasteiger partial charge in [-0.1, -0.05) is 6.07 Å². The second-order valence-corrected chi connectivity index (χ2v) is 5.18. The Labute approximate surface area is 138 Å². The van der Waals surface area contributed by atoms with Gasteiger partial charge in [0.2, 0.25) is 0 Å². The van der Waals surface area contributed by atoms with E-state index in [9.17, 15) is 19.7 Å². The van der Waals surface area contributed by atoms with E-state index < -0.39 is 16.9 Å². The van der Waals surface area contributed by atoms with Crippen LogP contribution in [0.5, 0.6) is 5.75 Å². The molecule has 2 aromatic carbocycles. The molecule has 0 spiro atoms. The monoisotopic (exact) mass is 329 g/mol. The Morgan fingerprint density at radius 1 is 1.00 bits per heavy atom. The van der Waals surface area contributed by atoms with Crippen molar-refractivity contribution in [2.75, 3.05) is 0 Å². The van der Waals surface area contributed by atoms with Gasteiger partial charge in [0.25, 0.3) is 5.69 Å². The Balaban J connectivity index is 2.08. The van der Waals surface area contributed by atoms with Gasteiger partial charge >= 0.3 is 11.9 Å². The molecule has 24 heavy (non-hydrogen) atoms. The van der Waals surface area contributed by atoms with E-state index in [2.05, 4.69) is 0 Å². The van der Waals surface area contributed by atoms with Gasteiger partial charge in [-0.15, -0.1) is 0 Å². The fourth-order valence-electron chi connectivity index (χ4n) is 1.85. The number of nitrogens with zero attached hydrogens (tertiary/aromatic N) is 1. The van der Waals surface area contributed by atoms with Crippen molar-refractivity contribution in [1.29, 1.82) is 0 Å². The summed E-state index contributed by atoms with van der Waals surface area (Å²) >= 11 is 0. The topological polar surface area (TPSA) is 95.7 Å². The molecular formula is C17H15NO6. The third-order valence-electron chi connectivity index (χ3n) is 2.94. The molecule has 0 aliphatic heterocycles. The van der Waals surface area contributed by atoms with Crippen LogP contribution < -0.4 is 4.74 Å². The first kappa shape index (κ1) is 17.1. The largest absolute Gasteiger partial charge is 0.459 e. The summed E-state index contributed by atoms with van der Waals surface area (Å²) in [5, 5.41) is 10.7. The number of hydrogen-bond acceptors (Lipinski definition) is 6. The van der Waals surface area contributed by atoms with Crippen LogP contribution in [0.4, 0.5) is 5.69 Å². The summed E-state index contributed by atoms with van der Waals surface area (Å²) in [5.74, 6) is -0.981. The maximum absolute atomic E-state index is 12.0. The molecule has 124 valence electrons. The highest BCUT2D eigenvalue weighted by Crippen LogP contribution is 2.18. The van der Waals surface area contributed by atoms with Gasteiger partial charge in [-0.3, -0.25) is 10.1 Å². The minimum atomic E-state index is -0.726. The van der Waals surface area contributed by atoms with E-state index in [0.717, 1.165) is 6.07 Å². The first-order valence-corrected chi connectivity index (χ1v) is 7.14. The van der Waals surface area contributed by atoms with Crippen LogP contribution in [0.2, 0.25) is 0 Å². The van der Waals surface area contributed by atoms with E-state index in [0.29, 0.717) is 5.56 Å². The lowest BCUT2D eigenvalue weighted by Gasteiger charge is -2.08. The molecule has 0 fully saturated rings. The van der Waals surface area contributed by atoms with E-state index in [1.165, 1.54) is 42.5 Å². The van der Waals surface area contributed by atoms with Crippen LogP contribution >= 0.6 is 0 Å². The fraction of sp³-hybridized carbons (Fsp3) is 0.176. The highest BCUT2D eigenvalue weighted by atomic mass is 16.6. The number of carbonyl (C=O) groups excluding carboxylic acids is 2. The highest BCUT2D eigenvalue weighted by Gasteiger charge is 2.14. The summed E-state index contributed by atoms with van der Waals surface area (Å²) in [6.07, 6.45) is -0.233. The molecule has 2 rings (SSSR count). The lowest BCUT2D eigenvalue weighted by atomic mass is 10.2. The zero-order valence-electron chi connectivity index (χ0n) is 13.1. The van der Waals surface area contributed by atoms with Crippen molar-refractivity contribution in [1.82, 2.24) is 0 Å². The van der Waals surface area contributed by atoms with E-state index in [1.807, 2.05) is 0 Å². The van der Waals surface area contributed by atoms with Crippen LogP contribution in [0.1, 0.15) is 34.6 Å². The summed E-state index contributed by atoms with van der Waals surface area (Å²) in [6, 6.07) is 11.1. The van der Waals surface area contributed by atoms with E-state index >= 15 is 0 Å². The molecule has 0 amide bonds. The smallest absolute Gasteiger partial charge is 0.343 e. The first-order chi connectivity index (χ1) is 11.4. The average molecular weight is 329 g/mol. The number of nitro benzene ring substituents is 1. The fourth-order valence-corrected chi connectivity index (χ4v) is 1.85. The summed E-state index contributed by atoms with van der Waals surface area (Å²) < 4.78 is 10.2. The maximum Gasteiger partial charge on any atom is 0.343 e.